The molecule has 0 saturated carbocycles. The van der Waals surface area contributed by atoms with Crippen molar-refractivity contribution in [2.75, 3.05) is 12.0 Å². The molecular weight excluding hydrogens is 488 g/mol. The minimum Gasteiger partial charge on any atom is -0.361 e. The maximum atomic E-state index is 14.4. The second-order valence-corrected chi connectivity index (χ2v) is 10.1. The molecule has 0 fully saturated rings. The van der Waals surface area contributed by atoms with E-state index in [-0.39, 0.29) is 31.1 Å². The SMILES string of the molecule is CC(C)(C)OCNC(CC(=O)Nc1c(-c2ccc(F)cc2)c2ccccc2[nH]c1=O)Cc1ccccc1F. The summed E-state index contributed by atoms with van der Waals surface area (Å²) in [4.78, 5) is 29.2. The Morgan fingerprint density at radius 1 is 0.974 bits per heavy atom. The number of amides is 1. The second kappa shape index (κ2) is 11.7. The van der Waals surface area contributed by atoms with Gasteiger partial charge in [-0.2, -0.15) is 0 Å². The molecule has 0 saturated heterocycles. The Labute approximate surface area is 220 Å². The van der Waals surface area contributed by atoms with Crippen LogP contribution in [0.2, 0.25) is 0 Å². The number of halogens is 2. The number of hydrogen-bond donors (Lipinski definition) is 3. The van der Waals surface area contributed by atoms with Crippen LogP contribution in [0, 0.1) is 11.6 Å². The first kappa shape index (κ1) is 27.2. The van der Waals surface area contributed by atoms with Gasteiger partial charge >= 0.3 is 0 Å². The molecule has 0 bridgehead atoms. The number of aromatic nitrogens is 1. The summed E-state index contributed by atoms with van der Waals surface area (Å²) in [5, 5.41) is 6.66. The molecule has 6 nitrogen and oxygen atoms in total. The Morgan fingerprint density at radius 3 is 2.37 bits per heavy atom. The van der Waals surface area contributed by atoms with E-state index in [4.69, 9.17) is 4.74 Å². The second-order valence-electron chi connectivity index (χ2n) is 10.1. The van der Waals surface area contributed by atoms with Gasteiger partial charge in [0, 0.05) is 28.9 Å². The van der Waals surface area contributed by atoms with E-state index in [0.717, 1.165) is 0 Å². The minimum absolute atomic E-state index is 0.0447. The number of hydrogen-bond acceptors (Lipinski definition) is 4. The normalized spacial score (nSPS) is 12.4. The van der Waals surface area contributed by atoms with Crippen molar-refractivity contribution in [3.8, 4) is 11.1 Å². The quantitative estimate of drug-likeness (QED) is 0.245. The van der Waals surface area contributed by atoms with Gasteiger partial charge in [0.15, 0.2) is 0 Å². The van der Waals surface area contributed by atoms with Crippen molar-refractivity contribution in [3.05, 3.63) is 100 Å². The van der Waals surface area contributed by atoms with Crippen LogP contribution in [0.1, 0.15) is 32.8 Å². The van der Waals surface area contributed by atoms with Crippen molar-refractivity contribution in [3.63, 3.8) is 0 Å². The summed E-state index contributed by atoms with van der Waals surface area (Å²) in [5.41, 5.74) is 1.32. The van der Waals surface area contributed by atoms with E-state index >= 15 is 0 Å². The van der Waals surface area contributed by atoms with Crippen LogP contribution in [0.3, 0.4) is 0 Å². The number of H-pyrrole nitrogens is 1. The van der Waals surface area contributed by atoms with E-state index in [1.54, 1.807) is 42.5 Å². The number of benzene rings is 3. The van der Waals surface area contributed by atoms with E-state index < -0.39 is 28.9 Å². The third-order valence-corrected chi connectivity index (χ3v) is 6.05. The van der Waals surface area contributed by atoms with Gasteiger partial charge < -0.3 is 15.0 Å². The molecule has 4 aromatic rings. The van der Waals surface area contributed by atoms with Crippen LogP contribution >= 0.6 is 0 Å². The molecule has 1 atom stereocenters. The van der Waals surface area contributed by atoms with Gasteiger partial charge in [0.2, 0.25) is 5.91 Å². The van der Waals surface area contributed by atoms with Crippen LogP contribution in [0.25, 0.3) is 22.0 Å². The first-order valence-electron chi connectivity index (χ1n) is 12.4. The molecule has 1 aromatic heterocycles. The van der Waals surface area contributed by atoms with E-state index in [1.165, 1.54) is 18.2 Å². The Morgan fingerprint density at radius 2 is 1.66 bits per heavy atom. The standard InChI is InChI=1S/C30H31F2N3O3/c1-30(2,3)38-18-33-22(16-20-8-4-6-10-24(20)32)17-26(36)35-28-27(19-12-14-21(31)15-13-19)23-9-5-7-11-25(23)34-29(28)37/h4-15,22,33H,16-18H2,1-3H3,(H,34,37)(H,35,36). The Bertz CT molecular complexity index is 1480. The lowest BCUT2D eigenvalue weighted by Gasteiger charge is -2.24. The molecule has 0 radical (unpaired) electrons. The van der Waals surface area contributed by atoms with Crippen molar-refractivity contribution in [2.24, 2.45) is 0 Å². The van der Waals surface area contributed by atoms with Crippen molar-refractivity contribution >= 4 is 22.5 Å². The highest BCUT2D eigenvalue weighted by atomic mass is 19.1. The molecule has 3 N–H and O–H groups in total. The number of ether oxygens (including phenoxy) is 1. The summed E-state index contributed by atoms with van der Waals surface area (Å²) in [6.45, 7) is 5.90. The lowest BCUT2D eigenvalue weighted by Crippen LogP contribution is -2.39. The topological polar surface area (TPSA) is 83.2 Å². The molecule has 8 heteroatoms. The van der Waals surface area contributed by atoms with Gasteiger partial charge in [0.1, 0.15) is 17.3 Å². The molecule has 0 spiro atoms. The summed E-state index contributed by atoms with van der Waals surface area (Å²) in [5.74, 6) is -1.20. The third-order valence-electron chi connectivity index (χ3n) is 6.05. The third kappa shape index (κ3) is 6.90. The van der Waals surface area contributed by atoms with Gasteiger partial charge in [-0.05, 0) is 62.6 Å². The largest absolute Gasteiger partial charge is 0.361 e. The molecule has 1 amide bonds. The minimum atomic E-state index is -0.481. The first-order chi connectivity index (χ1) is 18.1. The molecular formula is C30H31F2N3O3. The highest BCUT2D eigenvalue weighted by Crippen LogP contribution is 2.32. The predicted molar refractivity (Wildman–Crippen MR) is 146 cm³/mol. The van der Waals surface area contributed by atoms with Gasteiger partial charge in [0.05, 0.1) is 12.3 Å². The highest BCUT2D eigenvalue weighted by Gasteiger charge is 2.21. The first-order valence-corrected chi connectivity index (χ1v) is 12.4. The number of fused-ring (bicyclic) bond motifs is 1. The van der Waals surface area contributed by atoms with Crippen LogP contribution in [-0.2, 0) is 16.0 Å². The maximum Gasteiger partial charge on any atom is 0.272 e. The molecule has 4 rings (SSSR count). The van der Waals surface area contributed by atoms with Crippen LogP contribution in [0.5, 0.6) is 0 Å². The number of carbonyl (C=O) groups excluding carboxylic acids is 1. The lowest BCUT2D eigenvalue weighted by molar-refractivity contribution is -0.116. The zero-order valence-electron chi connectivity index (χ0n) is 21.6. The van der Waals surface area contributed by atoms with Gasteiger partial charge in [-0.25, -0.2) is 8.78 Å². The van der Waals surface area contributed by atoms with Gasteiger partial charge in [-0.1, -0.05) is 48.5 Å². The van der Waals surface area contributed by atoms with Crippen molar-refractivity contribution < 1.29 is 18.3 Å². The number of pyridine rings is 1. The number of anilines is 1. The molecule has 1 heterocycles. The highest BCUT2D eigenvalue weighted by molar-refractivity contribution is 6.05. The molecule has 38 heavy (non-hydrogen) atoms. The number of carbonyl (C=O) groups is 1. The molecule has 1 unspecified atom stereocenters. The Kier molecular flexibility index (Phi) is 8.34. The number of rotatable bonds is 9. The van der Waals surface area contributed by atoms with Crippen molar-refractivity contribution in [1.82, 2.24) is 10.3 Å². The number of aromatic amines is 1. The van der Waals surface area contributed by atoms with Crippen LogP contribution < -0.4 is 16.2 Å². The fourth-order valence-corrected chi connectivity index (χ4v) is 4.21. The average Bonchev–Trinajstić information content (AvgIpc) is 2.86. The molecule has 198 valence electrons. The summed E-state index contributed by atoms with van der Waals surface area (Å²) in [6, 6.07) is 18.9. The molecule has 3 aromatic carbocycles. The van der Waals surface area contributed by atoms with Gasteiger partial charge in [0.25, 0.3) is 5.56 Å². The average molecular weight is 520 g/mol. The molecule has 0 aliphatic heterocycles. The van der Waals surface area contributed by atoms with E-state index in [1.807, 2.05) is 32.9 Å². The van der Waals surface area contributed by atoms with E-state index in [2.05, 4.69) is 15.6 Å². The van der Waals surface area contributed by atoms with Crippen LogP contribution in [0.4, 0.5) is 14.5 Å². The van der Waals surface area contributed by atoms with Crippen molar-refractivity contribution in [2.45, 2.75) is 45.3 Å². The maximum absolute atomic E-state index is 14.4. The lowest BCUT2D eigenvalue weighted by atomic mass is 9.98. The summed E-state index contributed by atoms with van der Waals surface area (Å²) in [7, 11) is 0. The zero-order chi connectivity index (χ0) is 27.3. The van der Waals surface area contributed by atoms with E-state index in [0.29, 0.717) is 27.6 Å². The van der Waals surface area contributed by atoms with Crippen molar-refractivity contribution in [1.29, 1.82) is 0 Å². The monoisotopic (exact) mass is 519 g/mol. The zero-order valence-corrected chi connectivity index (χ0v) is 21.6. The molecule has 0 aliphatic rings. The summed E-state index contributed by atoms with van der Waals surface area (Å²) < 4.78 is 33.8. The fraction of sp³-hybridized carbons (Fsp3) is 0.267. The number of para-hydroxylation sites is 1. The fourth-order valence-electron chi connectivity index (χ4n) is 4.21. The van der Waals surface area contributed by atoms with Gasteiger partial charge in [-0.3, -0.25) is 14.9 Å². The smallest absolute Gasteiger partial charge is 0.272 e. The Balaban J connectivity index is 1.63. The molecule has 0 aliphatic carbocycles. The summed E-state index contributed by atoms with van der Waals surface area (Å²) >= 11 is 0. The van der Waals surface area contributed by atoms with E-state index in [9.17, 15) is 18.4 Å². The van der Waals surface area contributed by atoms with Crippen LogP contribution in [-0.4, -0.2) is 29.3 Å². The Hall–Kier alpha value is -3.88. The summed E-state index contributed by atoms with van der Waals surface area (Å²) in [6.07, 6.45) is 0.198. The number of nitrogens with one attached hydrogen (secondary N) is 3. The van der Waals surface area contributed by atoms with Gasteiger partial charge in [-0.15, -0.1) is 0 Å². The predicted octanol–water partition coefficient (Wildman–Crippen LogP) is 5.78. The van der Waals surface area contributed by atoms with Crippen LogP contribution in [0.15, 0.2) is 77.6 Å².